The lowest BCUT2D eigenvalue weighted by Gasteiger charge is -2.27. The molecule has 2 aromatic heterocycles. The average molecular weight is 411 g/mol. The molecular formula is C18H30N5O4P. The summed E-state index contributed by atoms with van der Waals surface area (Å²) in [5.74, 6) is 0.342. The molecule has 0 amide bonds. The Morgan fingerprint density at radius 2 is 1.79 bits per heavy atom. The van der Waals surface area contributed by atoms with Crippen LogP contribution in [-0.2, 0) is 24.9 Å². The predicted molar refractivity (Wildman–Crippen MR) is 107 cm³/mol. The van der Waals surface area contributed by atoms with Gasteiger partial charge in [-0.15, -0.1) is 0 Å². The quantitative estimate of drug-likeness (QED) is 0.623. The molecule has 0 unspecified atom stereocenters. The van der Waals surface area contributed by atoms with E-state index in [1.54, 1.807) is 6.33 Å². The molecule has 1 fully saturated rings. The van der Waals surface area contributed by atoms with Crippen LogP contribution < -0.4 is 5.73 Å². The number of hydrogen-bond acceptors (Lipinski definition) is 8. The largest absolute Gasteiger partial charge is 0.382 e. The Morgan fingerprint density at radius 3 is 2.32 bits per heavy atom. The normalized spacial score (nSPS) is 21.7. The molecule has 156 valence electrons. The summed E-state index contributed by atoms with van der Waals surface area (Å²) < 4.78 is 32.5. The van der Waals surface area contributed by atoms with Gasteiger partial charge in [0, 0.05) is 0 Å². The van der Waals surface area contributed by atoms with Gasteiger partial charge in [0.25, 0.3) is 0 Å². The highest BCUT2D eigenvalue weighted by Gasteiger charge is 2.63. The molecule has 0 spiro atoms. The molecule has 2 aromatic rings. The number of hydrogen-bond donors (Lipinski definition) is 1. The summed E-state index contributed by atoms with van der Waals surface area (Å²) in [6, 6.07) is 0. The van der Waals surface area contributed by atoms with Crippen LogP contribution in [0.4, 0.5) is 5.82 Å². The molecule has 3 rings (SSSR count). The van der Waals surface area contributed by atoms with Crippen molar-refractivity contribution in [1.29, 1.82) is 0 Å². The minimum absolute atomic E-state index is 0.0946. The topological polar surface area (TPSA) is 114 Å². The summed E-state index contributed by atoms with van der Waals surface area (Å²) in [6.45, 7) is 12.1. The van der Waals surface area contributed by atoms with Crippen molar-refractivity contribution in [1.82, 2.24) is 19.5 Å². The van der Waals surface area contributed by atoms with Crippen molar-refractivity contribution < 1.29 is 18.3 Å². The van der Waals surface area contributed by atoms with E-state index in [1.165, 1.54) is 6.33 Å². The molecule has 0 radical (unpaired) electrons. The summed E-state index contributed by atoms with van der Waals surface area (Å²) >= 11 is 0. The lowest BCUT2D eigenvalue weighted by atomic mass is 10.1. The molecule has 0 saturated heterocycles. The highest BCUT2D eigenvalue weighted by atomic mass is 31.2. The van der Waals surface area contributed by atoms with E-state index in [-0.39, 0.29) is 24.0 Å². The van der Waals surface area contributed by atoms with E-state index >= 15 is 0 Å². The van der Waals surface area contributed by atoms with Gasteiger partial charge in [0.2, 0.25) is 0 Å². The van der Waals surface area contributed by atoms with Crippen molar-refractivity contribution in [3.8, 4) is 0 Å². The van der Waals surface area contributed by atoms with Gasteiger partial charge < -0.3 is 24.1 Å². The van der Waals surface area contributed by atoms with Gasteiger partial charge in [-0.3, -0.25) is 4.57 Å². The van der Waals surface area contributed by atoms with E-state index < -0.39 is 13.2 Å². The Hall–Kier alpha value is -1.54. The number of rotatable bonds is 9. The molecule has 1 atom stereocenters. The zero-order valence-corrected chi connectivity index (χ0v) is 18.3. The minimum atomic E-state index is -3.38. The second-order valence-electron chi connectivity index (χ2n) is 8.55. The maximum absolute atomic E-state index is 13.2. The molecule has 1 saturated carbocycles. The molecule has 0 aromatic carbocycles. The number of ether oxygens (including phenoxy) is 1. The first kappa shape index (κ1) is 21.2. The fourth-order valence-corrected chi connectivity index (χ4v) is 5.31. The van der Waals surface area contributed by atoms with Gasteiger partial charge in [0.05, 0.1) is 30.7 Å². The van der Waals surface area contributed by atoms with E-state index in [1.807, 2.05) is 32.3 Å². The van der Waals surface area contributed by atoms with Gasteiger partial charge >= 0.3 is 7.60 Å². The van der Waals surface area contributed by atoms with Gasteiger partial charge in [0.15, 0.2) is 11.5 Å². The van der Waals surface area contributed by atoms with Gasteiger partial charge in [-0.05, 0) is 39.5 Å². The summed E-state index contributed by atoms with van der Waals surface area (Å²) in [7, 11) is -3.38. The van der Waals surface area contributed by atoms with Crippen molar-refractivity contribution >= 4 is 24.6 Å². The monoisotopic (exact) mass is 411 g/mol. The maximum Gasteiger partial charge on any atom is 0.356 e. The number of nitrogens with zero attached hydrogens (tertiary/aromatic N) is 4. The van der Waals surface area contributed by atoms with Crippen molar-refractivity contribution in [2.24, 2.45) is 5.41 Å². The molecule has 1 aliphatic rings. The third-order valence-corrected chi connectivity index (χ3v) is 6.86. The van der Waals surface area contributed by atoms with Gasteiger partial charge in [-0.1, -0.05) is 13.8 Å². The molecule has 10 heteroatoms. The van der Waals surface area contributed by atoms with Crippen molar-refractivity contribution in [2.45, 2.75) is 72.3 Å². The first-order chi connectivity index (χ1) is 13.0. The first-order valence-corrected chi connectivity index (χ1v) is 11.2. The van der Waals surface area contributed by atoms with Crippen molar-refractivity contribution in [3.63, 3.8) is 0 Å². The molecule has 2 N–H and O–H groups in total. The highest BCUT2D eigenvalue weighted by Crippen LogP contribution is 2.62. The first-order valence-electron chi connectivity index (χ1n) is 9.48. The molecule has 28 heavy (non-hydrogen) atoms. The molecule has 1 aliphatic carbocycles. The predicted octanol–water partition coefficient (Wildman–Crippen LogP) is 3.59. The third kappa shape index (κ3) is 4.22. The van der Waals surface area contributed by atoms with Crippen LogP contribution in [0.5, 0.6) is 0 Å². The highest BCUT2D eigenvalue weighted by molar-refractivity contribution is 7.53. The van der Waals surface area contributed by atoms with Crippen LogP contribution in [0, 0.1) is 5.41 Å². The summed E-state index contributed by atoms with van der Waals surface area (Å²) in [5, 5.41) is 0. The van der Waals surface area contributed by atoms with Gasteiger partial charge in [-0.2, -0.15) is 0 Å². The van der Waals surface area contributed by atoms with E-state index in [9.17, 15) is 4.57 Å². The fourth-order valence-electron chi connectivity index (χ4n) is 3.45. The summed E-state index contributed by atoms with van der Waals surface area (Å²) in [4.78, 5) is 12.6. The molecule has 2 heterocycles. The minimum Gasteiger partial charge on any atom is -0.382 e. The SMILES string of the molecule is CC(C)OP(=O)(CO[C@]1(Cn2cnc3c(N)ncnc32)CC1(C)C)OC(C)C. The van der Waals surface area contributed by atoms with E-state index in [2.05, 4.69) is 28.8 Å². The smallest absolute Gasteiger partial charge is 0.356 e. The number of anilines is 1. The molecular weight excluding hydrogens is 381 g/mol. The lowest BCUT2D eigenvalue weighted by Crippen LogP contribution is -2.28. The van der Waals surface area contributed by atoms with Crippen LogP contribution in [0.2, 0.25) is 0 Å². The number of fused-ring (bicyclic) bond motifs is 1. The number of imidazole rings is 1. The Kier molecular flexibility index (Phi) is 5.57. The second-order valence-corrected chi connectivity index (χ2v) is 10.5. The summed E-state index contributed by atoms with van der Waals surface area (Å²) in [5.41, 5.74) is 6.48. The standard InChI is InChI=1S/C18H30N5O4P/c1-12(2)26-28(24,27-13(3)4)11-25-18(7-17(18,5)6)8-23-10-22-14-15(19)20-9-21-16(14)23/h9-10,12-13H,7-8,11H2,1-6H3,(H2,19,20,21)/t18-/m0/s1. The Balaban J connectivity index is 1.81. The van der Waals surface area contributed by atoms with Crippen molar-refractivity contribution in [3.05, 3.63) is 12.7 Å². The zero-order valence-electron chi connectivity index (χ0n) is 17.4. The van der Waals surface area contributed by atoms with Crippen LogP contribution in [0.3, 0.4) is 0 Å². The van der Waals surface area contributed by atoms with Gasteiger partial charge in [-0.25, -0.2) is 15.0 Å². The van der Waals surface area contributed by atoms with Crippen molar-refractivity contribution in [2.75, 3.05) is 12.1 Å². The third-order valence-electron chi connectivity index (χ3n) is 4.93. The maximum atomic E-state index is 13.2. The number of nitrogen functional groups attached to an aromatic ring is 1. The summed E-state index contributed by atoms with van der Waals surface area (Å²) in [6.07, 6.45) is 3.36. The zero-order chi connectivity index (χ0) is 20.7. The van der Waals surface area contributed by atoms with E-state index in [4.69, 9.17) is 19.5 Å². The van der Waals surface area contributed by atoms with Gasteiger partial charge in [0.1, 0.15) is 18.2 Å². The van der Waals surface area contributed by atoms with Crippen LogP contribution >= 0.6 is 7.60 Å². The second kappa shape index (κ2) is 7.37. The van der Waals surface area contributed by atoms with Crippen LogP contribution in [-0.4, -0.2) is 43.7 Å². The number of nitrogens with two attached hydrogens (primary N) is 1. The van der Waals surface area contributed by atoms with Crippen LogP contribution in [0.15, 0.2) is 12.7 Å². The lowest BCUT2D eigenvalue weighted by molar-refractivity contribution is 0.00450. The molecule has 0 bridgehead atoms. The number of aromatic nitrogens is 4. The Bertz CT molecular complexity index is 883. The van der Waals surface area contributed by atoms with E-state index in [0.29, 0.717) is 23.5 Å². The van der Waals surface area contributed by atoms with Crippen LogP contribution in [0.1, 0.15) is 48.0 Å². The Labute approximate surface area is 165 Å². The molecule has 9 nitrogen and oxygen atoms in total. The molecule has 0 aliphatic heterocycles. The van der Waals surface area contributed by atoms with Crippen LogP contribution in [0.25, 0.3) is 11.2 Å². The fraction of sp³-hybridized carbons (Fsp3) is 0.722. The Morgan fingerprint density at radius 1 is 1.18 bits per heavy atom. The van der Waals surface area contributed by atoms with E-state index in [0.717, 1.165) is 6.42 Å². The average Bonchev–Trinajstić information content (AvgIpc) is 2.87.